The molecule has 0 saturated carbocycles. The number of aromatic nitrogens is 4. The molecule has 2 aromatic heterocycles. The molecule has 15 heteroatoms. The minimum atomic E-state index is -3.78. The van der Waals surface area contributed by atoms with Gasteiger partial charge in [0, 0.05) is 6.04 Å². The average molecular weight is 533 g/mol. The summed E-state index contributed by atoms with van der Waals surface area (Å²) in [6, 6.07) is -0.492. The molecule has 4 rings (SSSR count). The van der Waals surface area contributed by atoms with Crippen molar-refractivity contribution in [2.75, 3.05) is 25.6 Å². The standard InChI is InChI=1S/C20H30ClN6O7P/c1-6-30-16-13-15(24-19(22)25-16)27(9-23-13)18-20(5,21)14-12(33-18)8-32-35(29,34-14)26-11(4)7-31-17(28)10(2)3/h9-12,14,18H,6-8H2,1-5H3,(H,26,29)(H2,22,24,25)/t11-,12+,14+,18+,20+,35-/m0/s1. The highest BCUT2D eigenvalue weighted by atomic mass is 35.5. The third-order valence-corrected chi connectivity index (χ3v) is 7.76. The molecule has 0 bridgehead atoms. The number of imidazole rings is 1. The number of nitrogens with two attached hydrogens (primary N) is 1. The van der Waals surface area contributed by atoms with Crippen LogP contribution in [0.5, 0.6) is 5.88 Å². The molecule has 13 nitrogen and oxygen atoms in total. The number of nitrogens with one attached hydrogen (secondary N) is 1. The smallest absolute Gasteiger partial charge is 0.406 e. The van der Waals surface area contributed by atoms with E-state index >= 15 is 0 Å². The van der Waals surface area contributed by atoms with Gasteiger partial charge in [-0.1, -0.05) is 13.8 Å². The first-order valence-electron chi connectivity index (χ1n) is 11.3. The van der Waals surface area contributed by atoms with Crippen LogP contribution in [0.25, 0.3) is 11.2 Å². The average Bonchev–Trinajstić information content (AvgIpc) is 3.30. The van der Waals surface area contributed by atoms with E-state index < -0.39 is 37.1 Å². The van der Waals surface area contributed by atoms with E-state index in [1.165, 1.54) is 6.33 Å². The van der Waals surface area contributed by atoms with Crippen LogP contribution in [-0.4, -0.2) is 68.4 Å². The molecular weight excluding hydrogens is 503 g/mol. The van der Waals surface area contributed by atoms with E-state index in [2.05, 4.69) is 20.0 Å². The van der Waals surface area contributed by atoms with Gasteiger partial charge in [-0.25, -0.2) is 14.6 Å². The lowest BCUT2D eigenvalue weighted by Crippen LogP contribution is -2.46. The van der Waals surface area contributed by atoms with Crippen LogP contribution in [0.4, 0.5) is 5.95 Å². The number of hydrogen-bond acceptors (Lipinski definition) is 11. The maximum Gasteiger partial charge on any atom is 0.406 e. The van der Waals surface area contributed by atoms with Crippen LogP contribution >= 0.6 is 19.3 Å². The summed E-state index contributed by atoms with van der Waals surface area (Å²) in [5, 5.41) is 2.79. The van der Waals surface area contributed by atoms with E-state index in [4.69, 9.17) is 40.6 Å². The molecule has 0 spiro atoms. The Morgan fingerprint density at radius 3 is 2.86 bits per heavy atom. The second-order valence-electron chi connectivity index (χ2n) is 8.96. The third-order valence-electron chi connectivity index (χ3n) is 5.61. The Bertz CT molecular complexity index is 1140. The summed E-state index contributed by atoms with van der Waals surface area (Å²) in [5.41, 5.74) is 6.65. The van der Waals surface area contributed by atoms with Crippen LogP contribution in [-0.2, 0) is 27.9 Å². The molecule has 0 radical (unpaired) electrons. The molecule has 0 aromatic carbocycles. The molecule has 2 aliphatic rings. The zero-order valence-electron chi connectivity index (χ0n) is 20.1. The maximum absolute atomic E-state index is 13.3. The monoisotopic (exact) mass is 532 g/mol. The van der Waals surface area contributed by atoms with Crippen molar-refractivity contribution in [1.82, 2.24) is 24.6 Å². The molecule has 0 unspecified atom stereocenters. The first kappa shape index (κ1) is 26.1. The number of nitrogens with zero attached hydrogens (tertiary/aromatic N) is 4. The molecule has 2 fully saturated rings. The highest BCUT2D eigenvalue weighted by molar-refractivity contribution is 7.51. The number of fused-ring (bicyclic) bond motifs is 2. The summed E-state index contributed by atoms with van der Waals surface area (Å²) in [6.07, 6.45) is -0.695. The zero-order chi connectivity index (χ0) is 25.5. The summed E-state index contributed by atoms with van der Waals surface area (Å²) in [5.74, 6) is -0.363. The first-order chi connectivity index (χ1) is 16.4. The van der Waals surface area contributed by atoms with Gasteiger partial charge in [0.1, 0.15) is 23.7 Å². The van der Waals surface area contributed by atoms with Gasteiger partial charge in [0.15, 0.2) is 17.4 Å². The van der Waals surface area contributed by atoms with Crippen molar-refractivity contribution in [2.45, 2.75) is 64.0 Å². The summed E-state index contributed by atoms with van der Waals surface area (Å²) >= 11 is 6.96. The minimum absolute atomic E-state index is 0.00338. The Labute approximate surface area is 207 Å². The van der Waals surface area contributed by atoms with Gasteiger partial charge in [0.2, 0.25) is 11.8 Å². The van der Waals surface area contributed by atoms with Gasteiger partial charge in [-0.15, -0.1) is 11.6 Å². The Morgan fingerprint density at radius 1 is 1.43 bits per heavy atom. The lowest BCUT2D eigenvalue weighted by Gasteiger charge is -2.36. The molecule has 194 valence electrons. The van der Waals surface area contributed by atoms with E-state index in [1.807, 2.05) is 6.92 Å². The van der Waals surface area contributed by atoms with Gasteiger partial charge in [-0.05, 0) is 20.8 Å². The van der Waals surface area contributed by atoms with Crippen molar-refractivity contribution < 1.29 is 32.6 Å². The number of halogens is 1. The summed E-state index contributed by atoms with van der Waals surface area (Å²) < 4.78 is 43.2. The number of nitrogen functional groups attached to an aromatic ring is 1. The summed E-state index contributed by atoms with van der Waals surface area (Å²) in [7, 11) is -3.78. The lowest BCUT2D eigenvalue weighted by molar-refractivity contribution is -0.147. The van der Waals surface area contributed by atoms with E-state index in [-0.39, 0.29) is 36.9 Å². The van der Waals surface area contributed by atoms with Crippen LogP contribution in [0.1, 0.15) is 40.8 Å². The molecule has 2 aliphatic heterocycles. The number of esters is 1. The van der Waals surface area contributed by atoms with Crippen molar-refractivity contribution in [3.63, 3.8) is 0 Å². The molecule has 35 heavy (non-hydrogen) atoms. The highest BCUT2D eigenvalue weighted by Gasteiger charge is 2.60. The number of alkyl halides is 1. The van der Waals surface area contributed by atoms with Gasteiger partial charge >= 0.3 is 13.7 Å². The normalized spacial score (nSPS) is 31.5. The van der Waals surface area contributed by atoms with Crippen molar-refractivity contribution in [3.05, 3.63) is 6.33 Å². The van der Waals surface area contributed by atoms with Gasteiger partial charge in [-0.2, -0.15) is 9.97 Å². The summed E-state index contributed by atoms with van der Waals surface area (Å²) in [6.45, 7) is 9.05. The number of hydrogen-bond donors (Lipinski definition) is 2. The van der Waals surface area contributed by atoms with E-state index in [0.29, 0.717) is 17.8 Å². The Kier molecular flexibility index (Phi) is 7.29. The Hall–Kier alpha value is -2.02. The van der Waals surface area contributed by atoms with Crippen molar-refractivity contribution in [3.8, 4) is 5.88 Å². The molecule has 2 saturated heterocycles. The lowest BCUT2D eigenvalue weighted by atomic mass is 10.0. The predicted octanol–water partition coefficient (Wildman–Crippen LogP) is 2.40. The third kappa shape index (κ3) is 5.11. The largest absolute Gasteiger partial charge is 0.476 e. The van der Waals surface area contributed by atoms with Gasteiger partial charge < -0.3 is 19.9 Å². The zero-order valence-corrected chi connectivity index (χ0v) is 21.8. The van der Waals surface area contributed by atoms with Crippen molar-refractivity contribution in [2.24, 2.45) is 5.92 Å². The number of carbonyl (C=O) groups is 1. The molecule has 3 N–H and O–H groups in total. The van der Waals surface area contributed by atoms with Gasteiger partial charge in [0.05, 0.1) is 25.5 Å². The number of carbonyl (C=O) groups excluding carboxylic acids is 1. The predicted molar refractivity (Wildman–Crippen MR) is 126 cm³/mol. The number of ether oxygens (including phenoxy) is 3. The fourth-order valence-corrected chi connectivity index (χ4v) is 6.14. The second-order valence-corrected chi connectivity index (χ2v) is 11.5. The van der Waals surface area contributed by atoms with Crippen LogP contribution in [0.3, 0.4) is 0 Å². The fraction of sp³-hybridized carbons (Fsp3) is 0.700. The van der Waals surface area contributed by atoms with Crippen LogP contribution < -0.4 is 15.6 Å². The minimum Gasteiger partial charge on any atom is -0.476 e. The molecule has 0 amide bonds. The van der Waals surface area contributed by atoms with E-state index in [0.717, 1.165) is 0 Å². The highest BCUT2D eigenvalue weighted by Crippen LogP contribution is 2.57. The topological polar surface area (TPSA) is 162 Å². The second kappa shape index (κ2) is 9.79. The molecule has 0 aliphatic carbocycles. The molecule has 6 atom stereocenters. The number of rotatable bonds is 8. The maximum atomic E-state index is 13.3. The Morgan fingerprint density at radius 2 is 2.17 bits per heavy atom. The van der Waals surface area contributed by atoms with Crippen LogP contribution in [0, 0.1) is 5.92 Å². The summed E-state index contributed by atoms with van der Waals surface area (Å²) in [4.78, 5) is 23.3. The fourth-order valence-electron chi connectivity index (χ4n) is 3.92. The SMILES string of the molecule is CCOc1nc(N)nc2c1ncn2[C@@H]1O[C@@H]2CO[P@@](=O)(N[C@@H](C)COC(=O)C(C)C)O[C@H]2[C@@]1(C)Cl. The van der Waals surface area contributed by atoms with Gasteiger partial charge in [0.25, 0.3) is 0 Å². The quantitative estimate of drug-likeness (QED) is 0.290. The van der Waals surface area contributed by atoms with Crippen LogP contribution in [0.2, 0.25) is 0 Å². The van der Waals surface area contributed by atoms with Gasteiger partial charge in [-0.3, -0.25) is 18.4 Å². The number of anilines is 1. The van der Waals surface area contributed by atoms with Crippen molar-refractivity contribution in [1.29, 1.82) is 0 Å². The molecular formula is C20H30ClN6O7P. The molecule has 2 aromatic rings. The van der Waals surface area contributed by atoms with E-state index in [1.54, 1.807) is 32.3 Å². The molecule has 4 heterocycles. The first-order valence-corrected chi connectivity index (χ1v) is 13.2. The van der Waals surface area contributed by atoms with E-state index in [9.17, 15) is 9.36 Å². The van der Waals surface area contributed by atoms with Crippen LogP contribution in [0.15, 0.2) is 6.33 Å². The van der Waals surface area contributed by atoms with Crippen molar-refractivity contribution >= 4 is 42.4 Å². The Balaban J connectivity index is 1.53.